The molecule has 3 aromatic rings. The highest BCUT2D eigenvalue weighted by molar-refractivity contribution is 7.92. The number of halogens is 3. The summed E-state index contributed by atoms with van der Waals surface area (Å²) in [6.45, 7) is 1.46. The lowest BCUT2D eigenvalue weighted by Gasteiger charge is -2.10. The van der Waals surface area contributed by atoms with Gasteiger partial charge < -0.3 is 5.32 Å². The van der Waals surface area contributed by atoms with Gasteiger partial charge in [0.15, 0.2) is 0 Å². The van der Waals surface area contributed by atoms with Gasteiger partial charge in [-0.2, -0.15) is 0 Å². The molecular formula is C18H14F3N3O2S. The Morgan fingerprint density at radius 2 is 1.70 bits per heavy atom. The highest BCUT2D eigenvalue weighted by Gasteiger charge is 2.16. The number of nitrogens with one attached hydrogen (secondary N) is 2. The van der Waals surface area contributed by atoms with Crippen LogP contribution in [0.25, 0.3) is 0 Å². The van der Waals surface area contributed by atoms with Crippen LogP contribution in [-0.2, 0) is 10.0 Å². The van der Waals surface area contributed by atoms with Crippen molar-refractivity contribution in [2.24, 2.45) is 0 Å². The summed E-state index contributed by atoms with van der Waals surface area (Å²) in [5, 5.41) is 2.71. The smallest absolute Gasteiger partial charge is 0.263 e. The van der Waals surface area contributed by atoms with Crippen LogP contribution in [0.5, 0.6) is 0 Å². The number of hydrogen-bond acceptors (Lipinski definition) is 4. The second-order valence-corrected chi connectivity index (χ2v) is 7.38. The SMILES string of the molecule is Cc1cc(S(=O)(=O)Nc2ccc(Nc3ccc(F)cc3F)cn2)ccc1F. The number of benzene rings is 2. The molecule has 0 aliphatic heterocycles. The Balaban J connectivity index is 1.76. The van der Waals surface area contributed by atoms with Crippen LogP contribution in [0.3, 0.4) is 0 Å². The van der Waals surface area contributed by atoms with Crippen LogP contribution in [0.1, 0.15) is 5.56 Å². The third-order valence-corrected chi connectivity index (χ3v) is 5.00. The average molecular weight is 393 g/mol. The van der Waals surface area contributed by atoms with E-state index in [0.29, 0.717) is 5.69 Å². The topological polar surface area (TPSA) is 71.1 Å². The van der Waals surface area contributed by atoms with Gasteiger partial charge in [-0.15, -0.1) is 0 Å². The van der Waals surface area contributed by atoms with Crippen LogP contribution < -0.4 is 10.0 Å². The molecule has 0 saturated carbocycles. The fourth-order valence-electron chi connectivity index (χ4n) is 2.26. The molecular weight excluding hydrogens is 379 g/mol. The molecule has 0 saturated heterocycles. The Morgan fingerprint density at radius 1 is 0.926 bits per heavy atom. The molecule has 0 unspecified atom stereocenters. The molecule has 0 bridgehead atoms. The molecule has 1 aromatic heterocycles. The van der Waals surface area contributed by atoms with Crippen LogP contribution in [0.2, 0.25) is 0 Å². The van der Waals surface area contributed by atoms with Crippen LogP contribution in [-0.4, -0.2) is 13.4 Å². The van der Waals surface area contributed by atoms with Crippen molar-refractivity contribution in [3.8, 4) is 0 Å². The summed E-state index contributed by atoms with van der Waals surface area (Å²) in [5.74, 6) is -1.94. The van der Waals surface area contributed by atoms with Gasteiger partial charge in [-0.3, -0.25) is 4.72 Å². The van der Waals surface area contributed by atoms with Crippen molar-refractivity contribution in [3.63, 3.8) is 0 Å². The molecule has 0 radical (unpaired) electrons. The van der Waals surface area contributed by atoms with E-state index in [1.54, 1.807) is 0 Å². The van der Waals surface area contributed by atoms with E-state index in [4.69, 9.17) is 0 Å². The normalized spacial score (nSPS) is 11.3. The van der Waals surface area contributed by atoms with E-state index in [-0.39, 0.29) is 22.0 Å². The van der Waals surface area contributed by atoms with E-state index in [1.165, 1.54) is 37.4 Å². The van der Waals surface area contributed by atoms with Gasteiger partial charge in [0.05, 0.1) is 22.5 Å². The summed E-state index contributed by atoms with van der Waals surface area (Å²) in [5.41, 5.74) is 0.626. The lowest BCUT2D eigenvalue weighted by atomic mass is 10.2. The van der Waals surface area contributed by atoms with E-state index < -0.39 is 27.5 Å². The Bertz CT molecular complexity index is 1090. The zero-order valence-corrected chi connectivity index (χ0v) is 14.8. The average Bonchev–Trinajstić information content (AvgIpc) is 2.61. The first kappa shape index (κ1) is 18.7. The Kier molecular flexibility index (Phi) is 5.04. The highest BCUT2D eigenvalue weighted by atomic mass is 32.2. The quantitative estimate of drug-likeness (QED) is 0.676. The number of anilines is 3. The molecule has 140 valence electrons. The number of hydrogen-bond donors (Lipinski definition) is 2. The first-order valence-corrected chi connectivity index (χ1v) is 9.20. The zero-order chi connectivity index (χ0) is 19.6. The molecule has 1 heterocycles. The molecule has 2 aromatic carbocycles. The van der Waals surface area contributed by atoms with Gasteiger partial charge in [-0.05, 0) is 55.0 Å². The number of sulfonamides is 1. The molecule has 0 aliphatic rings. The van der Waals surface area contributed by atoms with Gasteiger partial charge in [0.1, 0.15) is 23.3 Å². The largest absolute Gasteiger partial charge is 0.352 e. The predicted octanol–water partition coefficient (Wildman–Crippen LogP) is 4.35. The van der Waals surface area contributed by atoms with Crippen molar-refractivity contribution in [2.75, 3.05) is 10.0 Å². The van der Waals surface area contributed by atoms with Gasteiger partial charge in [0.2, 0.25) is 0 Å². The monoisotopic (exact) mass is 393 g/mol. The van der Waals surface area contributed by atoms with Crippen LogP contribution >= 0.6 is 0 Å². The van der Waals surface area contributed by atoms with Crippen molar-refractivity contribution in [2.45, 2.75) is 11.8 Å². The van der Waals surface area contributed by atoms with Gasteiger partial charge in [0.25, 0.3) is 10.0 Å². The van der Waals surface area contributed by atoms with Gasteiger partial charge in [-0.25, -0.2) is 26.6 Å². The maximum atomic E-state index is 13.6. The summed E-state index contributed by atoms with van der Waals surface area (Å²) >= 11 is 0. The van der Waals surface area contributed by atoms with Crippen molar-refractivity contribution in [1.82, 2.24) is 4.98 Å². The summed E-state index contributed by atoms with van der Waals surface area (Å²) in [7, 11) is -3.94. The first-order valence-electron chi connectivity index (χ1n) is 7.72. The van der Waals surface area contributed by atoms with E-state index >= 15 is 0 Å². The molecule has 0 aliphatic carbocycles. The number of aryl methyl sites for hydroxylation is 1. The zero-order valence-electron chi connectivity index (χ0n) is 14.0. The molecule has 0 fully saturated rings. The maximum Gasteiger partial charge on any atom is 0.263 e. The van der Waals surface area contributed by atoms with Crippen LogP contribution in [0.4, 0.5) is 30.4 Å². The van der Waals surface area contributed by atoms with Crippen LogP contribution in [0.15, 0.2) is 59.6 Å². The minimum absolute atomic E-state index is 0.0297. The van der Waals surface area contributed by atoms with Crippen molar-refractivity contribution in [3.05, 3.63) is 77.7 Å². The van der Waals surface area contributed by atoms with Gasteiger partial charge >= 0.3 is 0 Å². The van der Waals surface area contributed by atoms with Crippen molar-refractivity contribution < 1.29 is 21.6 Å². The van der Waals surface area contributed by atoms with E-state index in [9.17, 15) is 21.6 Å². The molecule has 27 heavy (non-hydrogen) atoms. The third-order valence-electron chi connectivity index (χ3n) is 3.65. The fraction of sp³-hybridized carbons (Fsp3) is 0.0556. The summed E-state index contributed by atoms with van der Waals surface area (Å²) in [4.78, 5) is 3.85. The lowest BCUT2D eigenvalue weighted by Crippen LogP contribution is -2.14. The molecule has 5 nitrogen and oxygen atoms in total. The maximum absolute atomic E-state index is 13.6. The molecule has 0 atom stereocenters. The second-order valence-electron chi connectivity index (χ2n) is 5.70. The third kappa shape index (κ3) is 4.37. The first-order chi connectivity index (χ1) is 12.7. The minimum Gasteiger partial charge on any atom is -0.352 e. The molecule has 2 N–H and O–H groups in total. The Labute approximate surface area is 153 Å². The van der Waals surface area contributed by atoms with E-state index in [2.05, 4.69) is 15.0 Å². The molecule has 0 spiro atoms. The minimum atomic E-state index is -3.94. The van der Waals surface area contributed by atoms with E-state index in [0.717, 1.165) is 24.3 Å². The highest BCUT2D eigenvalue weighted by Crippen LogP contribution is 2.22. The Morgan fingerprint density at radius 3 is 2.33 bits per heavy atom. The standard InChI is InChI=1S/C18H14F3N3O2S/c1-11-8-14(4-5-15(11)20)27(25,26)24-18-7-3-13(10-22-18)23-17-6-2-12(19)9-16(17)21/h2-10,23H,1H3,(H,22,24). The second kappa shape index (κ2) is 7.28. The molecule has 0 amide bonds. The van der Waals surface area contributed by atoms with Gasteiger partial charge in [0, 0.05) is 6.07 Å². The number of pyridine rings is 1. The molecule has 9 heteroatoms. The molecule has 3 rings (SSSR count). The van der Waals surface area contributed by atoms with Crippen molar-refractivity contribution >= 4 is 27.2 Å². The summed E-state index contributed by atoms with van der Waals surface area (Å²) in [6.07, 6.45) is 1.29. The summed E-state index contributed by atoms with van der Waals surface area (Å²) < 4.78 is 66.8. The van der Waals surface area contributed by atoms with E-state index in [1.807, 2.05) is 0 Å². The lowest BCUT2D eigenvalue weighted by molar-refractivity contribution is 0.586. The number of aromatic nitrogens is 1. The predicted molar refractivity (Wildman–Crippen MR) is 95.8 cm³/mol. The van der Waals surface area contributed by atoms with Crippen molar-refractivity contribution in [1.29, 1.82) is 0 Å². The summed E-state index contributed by atoms with van der Waals surface area (Å²) in [6, 6.07) is 9.36. The number of nitrogens with zero attached hydrogens (tertiary/aromatic N) is 1. The van der Waals surface area contributed by atoms with Gasteiger partial charge in [-0.1, -0.05) is 0 Å². The van der Waals surface area contributed by atoms with Crippen LogP contribution in [0, 0.1) is 24.4 Å². The fourth-order valence-corrected chi connectivity index (χ4v) is 3.35. The number of rotatable bonds is 5. The Hall–Kier alpha value is -3.07.